The van der Waals surface area contributed by atoms with Crippen LogP contribution in [0.15, 0.2) is 71.1 Å². The second-order valence-electron chi connectivity index (χ2n) is 6.94. The number of hydrogen-bond acceptors (Lipinski definition) is 7. The fraction of sp³-hybridized carbons (Fsp3) is 0.174. The standard InChI is InChI=1S/C23H19N3O3S2/c27-21(24-12-15-13-28-18-8-3-4-9-19(18)29-15)14-31-23-16-6-1-2-7-17(16)25-22(26-23)20-10-5-11-30-20/h1-11,15H,12-14H2,(H,24,27)/t15-/m1/s1. The van der Waals surface area contributed by atoms with Gasteiger partial charge in [0.2, 0.25) is 5.91 Å². The summed E-state index contributed by atoms with van der Waals surface area (Å²) in [6.45, 7) is 0.795. The Labute approximate surface area is 187 Å². The minimum Gasteiger partial charge on any atom is -0.486 e. The lowest BCUT2D eigenvalue weighted by molar-refractivity contribution is -0.119. The predicted octanol–water partition coefficient (Wildman–Crippen LogP) is 4.41. The van der Waals surface area contributed by atoms with Gasteiger partial charge in [-0.25, -0.2) is 9.97 Å². The van der Waals surface area contributed by atoms with E-state index in [1.54, 1.807) is 11.3 Å². The highest BCUT2D eigenvalue weighted by Crippen LogP contribution is 2.31. The minimum absolute atomic E-state index is 0.0761. The highest BCUT2D eigenvalue weighted by molar-refractivity contribution is 8.00. The molecule has 0 bridgehead atoms. The number of thioether (sulfide) groups is 1. The van der Waals surface area contributed by atoms with E-state index in [4.69, 9.17) is 14.5 Å². The second-order valence-corrected chi connectivity index (χ2v) is 8.85. The predicted molar refractivity (Wildman–Crippen MR) is 123 cm³/mol. The summed E-state index contributed by atoms with van der Waals surface area (Å²) in [5.74, 6) is 2.30. The average molecular weight is 450 g/mol. The summed E-state index contributed by atoms with van der Waals surface area (Å²) in [5.41, 5.74) is 0.871. The lowest BCUT2D eigenvalue weighted by Crippen LogP contribution is -2.41. The first kappa shape index (κ1) is 19.8. The second kappa shape index (κ2) is 8.95. The fourth-order valence-electron chi connectivity index (χ4n) is 3.25. The van der Waals surface area contributed by atoms with Crippen molar-refractivity contribution in [1.29, 1.82) is 0 Å². The Kier molecular flexibility index (Phi) is 5.73. The molecule has 0 saturated carbocycles. The molecule has 0 saturated heterocycles. The zero-order chi connectivity index (χ0) is 21.0. The molecule has 5 rings (SSSR count). The van der Waals surface area contributed by atoms with Crippen LogP contribution in [0, 0.1) is 0 Å². The smallest absolute Gasteiger partial charge is 0.230 e. The van der Waals surface area contributed by atoms with Gasteiger partial charge in [-0.15, -0.1) is 11.3 Å². The number of nitrogens with zero attached hydrogens (tertiary/aromatic N) is 2. The summed E-state index contributed by atoms with van der Waals surface area (Å²) in [6, 6.07) is 19.4. The molecule has 1 aliphatic heterocycles. The molecule has 0 fully saturated rings. The molecule has 1 N–H and O–H groups in total. The summed E-state index contributed by atoms with van der Waals surface area (Å²) < 4.78 is 11.6. The van der Waals surface area contributed by atoms with Crippen LogP contribution in [0.1, 0.15) is 0 Å². The van der Waals surface area contributed by atoms with E-state index in [0.29, 0.717) is 24.7 Å². The van der Waals surface area contributed by atoms with Crippen LogP contribution in [-0.4, -0.2) is 40.9 Å². The lowest BCUT2D eigenvalue weighted by atomic mass is 10.2. The van der Waals surface area contributed by atoms with Gasteiger partial charge in [-0.3, -0.25) is 4.79 Å². The van der Waals surface area contributed by atoms with Gasteiger partial charge in [0, 0.05) is 5.39 Å². The van der Waals surface area contributed by atoms with E-state index in [0.717, 1.165) is 26.6 Å². The first-order valence-electron chi connectivity index (χ1n) is 9.85. The molecular weight excluding hydrogens is 430 g/mol. The molecule has 1 amide bonds. The van der Waals surface area contributed by atoms with E-state index in [-0.39, 0.29) is 17.8 Å². The normalized spacial score (nSPS) is 15.0. The fourth-order valence-corrected chi connectivity index (χ4v) is 4.76. The van der Waals surface area contributed by atoms with Gasteiger partial charge in [-0.1, -0.05) is 48.2 Å². The maximum atomic E-state index is 12.5. The Morgan fingerprint density at radius 1 is 1.06 bits per heavy atom. The van der Waals surface area contributed by atoms with Crippen molar-refractivity contribution in [2.75, 3.05) is 18.9 Å². The number of fused-ring (bicyclic) bond motifs is 2. The van der Waals surface area contributed by atoms with Gasteiger partial charge in [0.15, 0.2) is 17.3 Å². The Morgan fingerprint density at radius 3 is 2.77 bits per heavy atom. The molecule has 0 aliphatic carbocycles. The number of thiophene rings is 1. The summed E-state index contributed by atoms with van der Waals surface area (Å²) in [4.78, 5) is 22.9. The number of amides is 1. The van der Waals surface area contributed by atoms with Crippen molar-refractivity contribution in [2.24, 2.45) is 0 Å². The van der Waals surface area contributed by atoms with Gasteiger partial charge in [-0.2, -0.15) is 0 Å². The molecule has 3 heterocycles. The number of carbonyl (C=O) groups is 1. The molecule has 4 aromatic rings. The highest BCUT2D eigenvalue weighted by Gasteiger charge is 2.21. The first-order valence-corrected chi connectivity index (χ1v) is 11.7. The van der Waals surface area contributed by atoms with Gasteiger partial charge in [0.25, 0.3) is 0 Å². The van der Waals surface area contributed by atoms with E-state index >= 15 is 0 Å². The van der Waals surface area contributed by atoms with E-state index in [1.807, 2.05) is 66.0 Å². The van der Waals surface area contributed by atoms with Crippen LogP contribution in [0.4, 0.5) is 0 Å². The number of hydrogen-bond donors (Lipinski definition) is 1. The number of benzene rings is 2. The van der Waals surface area contributed by atoms with Crippen LogP contribution in [0.2, 0.25) is 0 Å². The third-order valence-corrected chi connectivity index (χ3v) is 6.60. The molecule has 6 nitrogen and oxygen atoms in total. The summed E-state index contributed by atoms with van der Waals surface area (Å²) in [5, 5.41) is 6.69. The van der Waals surface area contributed by atoms with Crippen LogP contribution in [0.5, 0.6) is 11.5 Å². The molecule has 31 heavy (non-hydrogen) atoms. The van der Waals surface area contributed by atoms with Crippen LogP contribution in [0.25, 0.3) is 21.6 Å². The molecule has 0 radical (unpaired) electrons. The van der Waals surface area contributed by atoms with Gasteiger partial charge in [0.1, 0.15) is 17.7 Å². The average Bonchev–Trinajstić information content (AvgIpc) is 3.36. The Morgan fingerprint density at radius 2 is 1.90 bits per heavy atom. The SMILES string of the molecule is O=C(CSc1nc(-c2cccs2)nc2ccccc12)NC[C@@H]1COc2ccccc2O1. The number of nitrogens with one attached hydrogen (secondary N) is 1. The van der Waals surface area contributed by atoms with Crippen molar-refractivity contribution in [2.45, 2.75) is 11.1 Å². The Hall–Kier alpha value is -3.10. The summed E-state index contributed by atoms with van der Waals surface area (Å²) in [7, 11) is 0. The van der Waals surface area contributed by atoms with Crippen molar-refractivity contribution < 1.29 is 14.3 Å². The summed E-state index contributed by atoms with van der Waals surface area (Å²) >= 11 is 3.01. The van der Waals surface area contributed by atoms with Crippen molar-refractivity contribution in [3.8, 4) is 22.2 Å². The number of para-hydroxylation sites is 3. The van der Waals surface area contributed by atoms with Crippen molar-refractivity contribution in [1.82, 2.24) is 15.3 Å². The van der Waals surface area contributed by atoms with Crippen LogP contribution < -0.4 is 14.8 Å². The largest absolute Gasteiger partial charge is 0.486 e. The van der Waals surface area contributed by atoms with Gasteiger partial charge in [-0.05, 0) is 29.6 Å². The molecule has 2 aromatic heterocycles. The minimum atomic E-state index is -0.214. The zero-order valence-corrected chi connectivity index (χ0v) is 18.1. The van der Waals surface area contributed by atoms with Crippen LogP contribution in [0.3, 0.4) is 0 Å². The van der Waals surface area contributed by atoms with E-state index in [1.165, 1.54) is 11.8 Å². The topological polar surface area (TPSA) is 73.3 Å². The number of carbonyl (C=O) groups excluding carboxylic acids is 1. The van der Waals surface area contributed by atoms with E-state index in [2.05, 4.69) is 10.3 Å². The molecule has 2 aromatic carbocycles. The molecule has 1 aliphatic rings. The molecule has 0 spiro atoms. The van der Waals surface area contributed by atoms with E-state index in [9.17, 15) is 4.79 Å². The summed E-state index contributed by atoms with van der Waals surface area (Å²) in [6.07, 6.45) is -0.214. The maximum absolute atomic E-state index is 12.5. The molecule has 156 valence electrons. The quantitative estimate of drug-likeness (QED) is 0.347. The maximum Gasteiger partial charge on any atom is 0.230 e. The molecule has 0 unspecified atom stereocenters. The number of rotatable bonds is 6. The Balaban J connectivity index is 1.23. The number of aromatic nitrogens is 2. The molecule has 8 heteroatoms. The third-order valence-electron chi connectivity index (χ3n) is 4.74. The Bertz CT molecular complexity index is 1210. The van der Waals surface area contributed by atoms with Crippen LogP contribution >= 0.6 is 23.1 Å². The van der Waals surface area contributed by atoms with Gasteiger partial charge < -0.3 is 14.8 Å². The van der Waals surface area contributed by atoms with E-state index < -0.39 is 0 Å². The zero-order valence-electron chi connectivity index (χ0n) is 16.5. The van der Waals surface area contributed by atoms with Gasteiger partial charge in [0.05, 0.1) is 22.7 Å². The molecule has 1 atom stereocenters. The third kappa shape index (κ3) is 4.50. The van der Waals surface area contributed by atoms with Crippen molar-refractivity contribution in [3.05, 3.63) is 66.0 Å². The number of ether oxygens (including phenoxy) is 2. The highest BCUT2D eigenvalue weighted by atomic mass is 32.2. The monoisotopic (exact) mass is 449 g/mol. The van der Waals surface area contributed by atoms with Crippen LogP contribution in [-0.2, 0) is 4.79 Å². The molecular formula is C23H19N3O3S2. The lowest BCUT2D eigenvalue weighted by Gasteiger charge is -2.26. The van der Waals surface area contributed by atoms with Crippen molar-refractivity contribution >= 4 is 39.9 Å². The van der Waals surface area contributed by atoms with Crippen molar-refractivity contribution in [3.63, 3.8) is 0 Å². The van der Waals surface area contributed by atoms with Gasteiger partial charge >= 0.3 is 0 Å². The first-order chi connectivity index (χ1) is 15.3.